The Kier molecular flexibility index (Phi) is 5.76. The lowest BCUT2D eigenvalue weighted by Crippen LogP contribution is -2.50. The van der Waals surface area contributed by atoms with Crippen LogP contribution in [-0.2, 0) is 9.53 Å². The number of amides is 1. The lowest BCUT2D eigenvalue weighted by atomic mass is 10.3. The summed E-state index contributed by atoms with van der Waals surface area (Å²) in [7, 11) is 0. The Hall–Kier alpha value is -3.01. The van der Waals surface area contributed by atoms with Crippen molar-refractivity contribution in [2.75, 3.05) is 68.9 Å². The molecule has 2 aliphatic heterocycles. The van der Waals surface area contributed by atoms with Crippen LogP contribution in [0, 0.1) is 0 Å². The first-order valence-electron chi connectivity index (χ1n) is 9.37. The highest BCUT2D eigenvalue weighted by molar-refractivity contribution is 5.78. The quantitative estimate of drug-likeness (QED) is 0.695. The van der Waals surface area contributed by atoms with Gasteiger partial charge in [0, 0.05) is 57.7 Å². The van der Waals surface area contributed by atoms with Crippen LogP contribution in [0.4, 0.5) is 11.5 Å². The summed E-state index contributed by atoms with van der Waals surface area (Å²) in [4.78, 5) is 26.5. The number of hydrogen-bond donors (Lipinski definition) is 0. The van der Waals surface area contributed by atoms with Crippen molar-refractivity contribution in [1.29, 1.82) is 0 Å². The number of morpholine rings is 1. The number of carbonyl (C=O) groups is 1. The van der Waals surface area contributed by atoms with E-state index in [1.807, 2.05) is 0 Å². The smallest absolute Gasteiger partial charge is 0.316 e. The molecule has 10 nitrogen and oxygen atoms in total. The van der Waals surface area contributed by atoms with E-state index < -0.39 is 0 Å². The summed E-state index contributed by atoms with van der Waals surface area (Å²) in [6.45, 7) is 5.75. The molecule has 2 saturated heterocycles. The van der Waals surface area contributed by atoms with Crippen LogP contribution < -0.4 is 14.5 Å². The Morgan fingerprint density at radius 2 is 1.79 bits per heavy atom. The standard InChI is InChI=1S/C18H23N7O3/c26-17(14-28-18-19-2-1-3-20-18)25-6-4-24(5-7-25)16-12-15(13-21-22-16)23-8-10-27-11-9-23/h1-3,12-13H,4-11,14H2. The van der Waals surface area contributed by atoms with Gasteiger partial charge in [0.25, 0.3) is 5.91 Å². The highest BCUT2D eigenvalue weighted by Gasteiger charge is 2.23. The van der Waals surface area contributed by atoms with Gasteiger partial charge in [0.05, 0.1) is 25.1 Å². The van der Waals surface area contributed by atoms with E-state index in [0.717, 1.165) is 37.8 Å². The number of rotatable bonds is 5. The lowest BCUT2D eigenvalue weighted by Gasteiger charge is -2.35. The monoisotopic (exact) mass is 385 g/mol. The molecular weight excluding hydrogens is 362 g/mol. The average Bonchev–Trinajstić information content (AvgIpc) is 2.79. The van der Waals surface area contributed by atoms with Gasteiger partial charge in [-0.15, -0.1) is 5.10 Å². The molecule has 0 radical (unpaired) electrons. The molecule has 0 spiro atoms. The second-order valence-corrected chi connectivity index (χ2v) is 6.56. The SMILES string of the molecule is O=C(COc1ncccn1)N1CCN(c2cc(N3CCOCC3)cnn2)CC1. The van der Waals surface area contributed by atoms with Crippen molar-refractivity contribution < 1.29 is 14.3 Å². The van der Waals surface area contributed by atoms with Gasteiger partial charge in [-0.1, -0.05) is 0 Å². The van der Waals surface area contributed by atoms with Crippen LogP contribution in [0.15, 0.2) is 30.7 Å². The molecule has 2 aliphatic rings. The predicted molar refractivity (Wildman–Crippen MR) is 101 cm³/mol. The van der Waals surface area contributed by atoms with Crippen molar-refractivity contribution in [3.8, 4) is 6.01 Å². The molecule has 0 N–H and O–H groups in total. The molecule has 0 saturated carbocycles. The van der Waals surface area contributed by atoms with Gasteiger partial charge in [-0.3, -0.25) is 4.79 Å². The summed E-state index contributed by atoms with van der Waals surface area (Å²) < 4.78 is 10.8. The van der Waals surface area contributed by atoms with Gasteiger partial charge in [-0.2, -0.15) is 5.10 Å². The van der Waals surface area contributed by atoms with Crippen LogP contribution in [0.5, 0.6) is 6.01 Å². The van der Waals surface area contributed by atoms with Crippen molar-refractivity contribution in [3.63, 3.8) is 0 Å². The first-order valence-corrected chi connectivity index (χ1v) is 9.37. The highest BCUT2D eigenvalue weighted by atomic mass is 16.5. The molecule has 2 aromatic rings. The highest BCUT2D eigenvalue weighted by Crippen LogP contribution is 2.21. The van der Waals surface area contributed by atoms with Crippen LogP contribution in [-0.4, -0.2) is 90.1 Å². The second kappa shape index (κ2) is 8.79. The molecule has 2 aromatic heterocycles. The Balaban J connectivity index is 1.29. The zero-order valence-electron chi connectivity index (χ0n) is 15.6. The van der Waals surface area contributed by atoms with Gasteiger partial charge in [0.2, 0.25) is 0 Å². The van der Waals surface area contributed by atoms with Gasteiger partial charge >= 0.3 is 6.01 Å². The minimum absolute atomic E-state index is 0.0592. The Morgan fingerprint density at radius 3 is 2.54 bits per heavy atom. The number of hydrogen-bond acceptors (Lipinski definition) is 9. The third-order valence-electron chi connectivity index (χ3n) is 4.83. The molecule has 2 fully saturated rings. The molecular formula is C18H23N7O3. The molecule has 148 valence electrons. The van der Waals surface area contributed by atoms with E-state index in [2.05, 4.69) is 36.0 Å². The number of nitrogens with zero attached hydrogens (tertiary/aromatic N) is 7. The van der Waals surface area contributed by atoms with Gasteiger partial charge in [0.15, 0.2) is 12.4 Å². The molecule has 0 bridgehead atoms. The van der Waals surface area contributed by atoms with E-state index in [1.54, 1.807) is 29.6 Å². The van der Waals surface area contributed by atoms with E-state index in [0.29, 0.717) is 26.2 Å². The summed E-state index contributed by atoms with van der Waals surface area (Å²) in [6, 6.07) is 3.97. The molecule has 0 unspecified atom stereocenters. The number of aromatic nitrogens is 4. The fourth-order valence-electron chi connectivity index (χ4n) is 3.26. The first kappa shape index (κ1) is 18.4. The molecule has 28 heavy (non-hydrogen) atoms. The van der Waals surface area contributed by atoms with E-state index in [4.69, 9.17) is 9.47 Å². The van der Waals surface area contributed by atoms with E-state index in [1.165, 1.54) is 0 Å². The zero-order chi connectivity index (χ0) is 19.2. The molecule has 10 heteroatoms. The van der Waals surface area contributed by atoms with Crippen LogP contribution >= 0.6 is 0 Å². The van der Waals surface area contributed by atoms with Crippen molar-refractivity contribution in [2.45, 2.75) is 0 Å². The fourth-order valence-corrected chi connectivity index (χ4v) is 3.26. The summed E-state index contributed by atoms with van der Waals surface area (Å²) >= 11 is 0. The third-order valence-corrected chi connectivity index (χ3v) is 4.83. The van der Waals surface area contributed by atoms with Crippen molar-refractivity contribution in [1.82, 2.24) is 25.1 Å². The van der Waals surface area contributed by atoms with Gasteiger partial charge in [-0.25, -0.2) is 9.97 Å². The molecule has 4 heterocycles. The number of piperazine rings is 1. The third kappa shape index (κ3) is 4.45. The summed E-state index contributed by atoms with van der Waals surface area (Å²) in [6.07, 6.45) is 4.95. The maximum atomic E-state index is 12.4. The van der Waals surface area contributed by atoms with E-state index >= 15 is 0 Å². The van der Waals surface area contributed by atoms with Crippen LogP contribution in [0.25, 0.3) is 0 Å². The van der Waals surface area contributed by atoms with Crippen molar-refractivity contribution in [2.24, 2.45) is 0 Å². The molecule has 0 aliphatic carbocycles. The number of anilines is 2. The molecule has 0 aromatic carbocycles. The number of ether oxygens (including phenoxy) is 2. The van der Waals surface area contributed by atoms with Crippen LogP contribution in [0.2, 0.25) is 0 Å². The average molecular weight is 385 g/mol. The number of carbonyl (C=O) groups excluding carboxylic acids is 1. The minimum Gasteiger partial charge on any atom is -0.453 e. The maximum Gasteiger partial charge on any atom is 0.316 e. The topological polar surface area (TPSA) is 96.8 Å². The largest absolute Gasteiger partial charge is 0.453 e. The van der Waals surface area contributed by atoms with Gasteiger partial charge in [0.1, 0.15) is 0 Å². The summed E-state index contributed by atoms with van der Waals surface area (Å²) in [5.74, 6) is 0.769. The van der Waals surface area contributed by atoms with E-state index in [9.17, 15) is 4.79 Å². The zero-order valence-corrected chi connectivity index (χ0v) is 15.6. The lowest BCUT2D eigenvalue weighted by molar-refractivity contribution is -0.133. The summed E-state index contributed by atoms with van der Waals surface area (Å²) in [5.41, 5.74) is 1.06. The molecule has 4 rings (SSSR count). The van der Waals surface area contributed by atoms with Crippen molar-refractivity contribution >= 4 is 17.4 Å². The maximum absolute atomic E-state index is 12.4. The Morgan fingerprint density at radius 1 is 1.04 bits per heavy atom. The molecule has 1 amide bonds. The fraction of sp³-hybridized carbons (Fsp3) is 0.500. The Labute approximate surface area is 163 Å². The minimum atomic E-state index is -0.0692. The van der Waals surface area contributed by atoms with Crippen LogP contribution in [0.3, 0.4) is 0 Å². The predicted octanol–water partition coefficient (Wildman–Crippen LogP) is -0.169. The van der Waals surface area contributed by atoms with Gasteiger partial charge in [-0.05, 0) is 6.07 Å². The summed E-state index contributed by atoms with van der Waals surface area (Å²) in [5, 5.41) is 8.44. The second-order valence-electron chi connectivity index (χ2n) is 6.56. The molecule has 0 atom stereocenters. The first-order chi connectivity index (χ1) is 13.8. The normalized spacial score (nSPS) is 17.5. The van der Waals surface area contributed by atoms with E-state index in [-0.39, 0.29) is 18.5 Å². The van der Waals surface area contributed by atoms with Crippen molar-refractivity contribution in [3.05, 3.63) is 30.7 Å². The van der Waals surface area contributed by atoms with Gasteiger partial charge < -0.3 is 24.2 Å². The van der Waals surface area contributed by atoms with Crippen LogP contribution in [0.1, 0.15) is 0 Å². The Bertz CT molecular complexity index is 778.